The van der Waals surface area contributed by atoms with Crippen LogP contribution in [0.1, 0.15) is 16.7 Å². The van der Waals surface area contributed by atoms with Crippen molar-refractivity contribution in [1.82, 2.24) is 10.2 Å². The van der Waals surface area contributed by atoms with Gasteiger partial charge in [0.2, 0.25) is 5.91 Å². The molecule has 24 heavy (non-hydrogen) atoms. The molecule has 3 rings (SSSR count). The van der Waals surface area contributed by atoms with Crippen molar-refractivity contribution in [2.45, 2.75) is 19.5 Å². The van der Waals surface area contributed by atoms with E-state index in [1.807, 2.05) is 24.3 Å². The molecule has 1 N–H and O–H groups in total. The Bertz CT molecular complexity index is 695. The summed E-state index contributed by atoms with van der Waals surface area (Å²) >= 11 is 0. The Morgan fingerprint density at radius 1 is 1.12 bits per heavy atom. The molecule has 1 amide bonds. The molecule has 2 aromatic carbocycles. The fourth-order valence-electron chi connectivity index (χ4n) is 2.96. The SMILES string of the molecule is CN(C)Cc1ccc(CNC(=O)[C@@H]2COc3ccccc3C2)cc1. The van der Waals surface area contributed by atoms with E-state index in [0.29, 0.717) is 13.2 Å². The highest BCUT2D eigenvalue weighted by Gasteiger charge is 2.25. The van der Waals surface area contributed by atoms with E-state index in [1.165, 1.54) is 5.56 Å². The molecular weight excluding hydrogens is 300 g/mol. The fourth-order valence-corrected chi connectivity index (χ4v) is 2.96. The number of carbonyl (C=O) groups excluding carboxylic acids is 1. The third-order valence-electron chi connectivity index (χ3n) is 4.24. The Morgan fingerprint density at radius 2 is 1.83 bits per heavy atom. The van der Waals surface area contributed by atoms with Gasteiger partial charge < -0.3 is 15.0 Å². The predicted molar refractivity (Wildman–Crippen MR) is 94.8 cm³/mol. The number of fused-ring (bicyclic) bond motifs is 1. The first-order valence-electron chi connectivity index (χ1n) is 8.33. The van der Waals surface area contributed by atoms with Gasteiger partial charge in [-0.15, -0.1) is 0 Å². The average Bonchev–Trinajstić information content (AvgIpc) is 2.60. The van der Waals surface area contributed by atoms with Crippen LogP contribution in [-0.4, -0.2) is 31.5 Å². The first kappa shape index (κ1) is 16.5. The maximum atomic E-state index is 12.4. The van der Waals surface area contributed by atoms with Crippen molar-refractivity contribution in [3.8, 4) is 5.75 Å². The van der Waals surface area contributed by atoms with Gasteiger partial charge in [0.05, 0.1) is 5.92 Å². The van der Waals surface area contributed by atoms with Gasteiger partial charge in [0.25, 0.3) is 0 Å². The molecule has 1 aliphatic heterocycles. The quantitative estimate of drug-likeness (QED) is 0.919. The summed E-state index contributed by atoms with van der Waals surface area (Å²) in [4.78, 5) is 14.5. The molecule has 0 radical (unpaired) electrons. The van der Waals surface area contributed by atoms with E-state index in [9.17, 15) is 4.79 Å². The first-order chi connectivity index (χ1) is 11.6. The second-order valence-corrected chi connectivity index (χ2v) is 6.59. The van der Waals surface area contributed by atoms with E-state index in [2.05, 4.69) is 48.6 Å². The predicted octanol–water partition coefficient (Wildman–Crippen LogP) is 2.62. The zero-order chi connectivity index (χ0) is 16.9. The summed E-state index contributed by atoms with van der Waals surface area (Å²) in [6.45, 7) is 1.93. The van der Waals surface area contributed by atoms with Crippen molar-refractivity contribution < 1.29 is 9.53 Å². The molecule has 2 aromatic rings. The van der Waals surface area contributed by atoms with Gasteiger partial charge in [-0.05, 0) is 43.3 Å². The third-order valence-corrected chi connectivity index (χ3v) is 4.24. The van der Waals surface area contributed by atoms with E-state index in [1.54, 1.807) is 0 Å². The lowest BCUT2D eigenvalue weighted by Crippen LogP contribution is -2.37. The van der Waals surface area contributed by atoms with Gasteiger partial charge in [0.1, 0.15) is 12.4 Å². The molecule has 0 unspecified atom stereocenters. The summed E-state index contributed by atoms with van der Waals surface area (Å²) in [5.74, 6) is 0.841. The van der Waals surface area contributed by atoms with Gasteiger partial charge in [-0.1, -0.05) is 42.5 Å². The summed E-state index contributed by atoms with van der Waals surface area (Å²) in [5, 5.41) is 3.03. The number of benzene rings is 2. The number of hydrogen-bond donors (Lipinski definition) is 1. The Hall–Kier alpha value is -2.33. The summed E-state index contributed by atoms with van der Waals surface area (Å²) in [6.07, 6.45) is 0.740. The van der Waals surface area contributed by atoms with E-state index in [0.717, 1.165) is 29.8 Å². The van der Waals surface area contributed by atoms with Crippen molar-refractivity contribution in [2.24, 2.45) is 5.92 Å². The molecule has 4 nitrogen and oxygen atoms in total. The number of hydrogen-bond acceptors (Lipinski definition) is 3. The molecule has 0 aromatic heterocycles. The lowest BCUT2D eigenvalue weighted by molar-refractivity contribution is -0.126. The number of ether oxygens (including phenoxy) is 1. The second-order valence-electron chi connectivity index (χ2n) is 6.59. The Labute approximate surface area is 143 Å². The maximum absolute atomic E-state index is 12.4. The molecule has 0 fully saturated rings. The van der Waals surface area contributed by atoms with Crippen LogP contribution in [0.15, 0.2) is 48.5 Å². The zero-order valence-electron chi connectivity index (χ0n) is 14.3. The molecule has 0 aliphatic carbocycles. The van der Waals surface area contributed by atoms with Crippen LogP contribution in [0.5, 0.6) is 5.75 Å². The smallest absolute Gasteiger partial charge is 0.227 e. The van der Waals surface area contributed by atoms with Crippen LogP contribution < -0.4 is 10.1 Å². The Balaban J connectivity index is 1.53. The molecule has 4 heteroatoms. The Kier molecular flexibility index (Phi) is 5.16. The van der Waals surface area contributed by atoms with Crippen molar-refractivity contribution >= 4 is 5.91 Å². The molecule has 0 spiro atoms. The average molecular weight is 324 g/mol. The number of carbonyl (C=O) groups is 1. The van der Waals surface area contributed by atoms with Gasteiger partial charge in [-0.2, -0.15) is 0 Å². The first-order valence-corrected chi connectivity index (χ1v) is 8.33. The summed E-state index contributed by atoms with van der Waals surface area (Å²) in [6, 6.07) is 16.3. The highest BCUT2D eigenvalue weighted by atomic mass is 16.5. The lowest BCUT2D eigenvalue weighted by atomic mass is 9.96. The fraction of sp³-hybridized carbons (Fsp3) is 0.350. The van der Waals surface area contributed by atoms with Crippen molar-refractivity contribution in [2.75, 3.05) is 20.7 Å². The zero-order valence-corrected chi connectivity index (χ0v) is 14.3. The van der Waals surface area contributed by atoms with E-state index in [-0.39, 0.29) is 11.8 Å². The minimum Gasteiger partial charge on any atom is -0.492 e. The molecule has 1 heterocycles. The van der Waals surface area contributed by atoms with E-state index < -0.39 is 0 Å². The number of nitrogens with one attached hydrogen (secondary N) is 1. The van der Waals surface area contributed by atoms with Crippen LogP contribution in [0, 0.1) is 5.92 Å². The van der Waals surface area contributed by atoms with Crippen LogP contribution in [-0.2, 0) is 24.3 Å². The molecule has 0 bridgehead atoms. The molecule has 0 saturated heterocycles. The van der Waals surface area contributed by atoms with Crippen LogP contribution in [0.2, 0.25) is 0 Å². The minimum atomic E-state index is -0.118. The third kappa shape index (κ3) is 4.15. The largest absolute Gasteiger partial charge is 0.492 e. The number of rotatable bonds is 5. The van der Waals surface area contributed by atoms with E-state index >= 15 is 0 Å². The minimum absolute atomic E-state index is 0.0573. The van der Waals surface area contributed by atoms with Crippen LogP contribution in [0.4, 0.5) is 0 Å². The lowest BCUT2D eigenvalue weighted by Gasteiger charge is -2.24. The molecule has 1 aliphatic rings. The standard InChI is InChI=1S/C20H24N2O2/c1-22(2)13-16-9-7-15(8-10-16)12-21-20(23)18-11-17-5-3-4-6-19(17)24-14-18/h3-10,18H,11-14H2,1-2H3,(H,21,23)/t18-/m0/s1. The number of nitrogens with zero attached hydrogens (tertiary/aromatic N) is 1. The monoisotopic (exact) mass is 324 g/mol. The van der Waals surface area contributed by atoms with Crippen LogP contribution in [0.3, 0.4) is 0 Å². The molecular formula is C20H24N2O2. The maximum Gasteiger partial charge on any atom is 0.227 e. The van der Waals surface area contributed by atoms with Crippen molar-refractivity contribution in [3.05, 3.63) is 65.2 Å². The van der Waals surface area contributed by atoms with Crippen LogP contribution >= 0.6 is 0 Å². The van der Waals surface area contributed by atoms with Gasteiger partial charge in [0.15, 0.2) is 0 Å². The molecule has 1 atom stereocenters. The second kappa shape index (κ2) is 7.49. The van der Waals surface area contributed by atoms with Crippen molar-refractivity contribution in [1.29, 1.82) is 0 Å². The highest BCUT2D eigenvalue weighted by molar-refractivity contribution is 5.79. The summed E-state index contributed by atoms with van der Waals surface area (Å²) in [5.41, 5.74) is 3.49. The molecule has 0 saturated carbocycles. The Morgan fingerprint density at radius 3 is 2.58 bits per heavy atom. The number of amides is 1. The highest BCUT2D eigenvalue weighted by Crippen LogP contribution is 2.26. The topological polar surface area (TPSA) is 41.6 Å². The van der Waals surface area contributed by atoms with Crippen LogP contribution in [0.25, 0.3) is 0 Å². The van der Waals surface area contributed by atoms with Gasteiger partial charge in [0, 0.05) is 13.1 Å². The normalized spacial score (nSPS) is 16.4. The van der Waals surface area contributed by atoms with Gasteiger partial charge >= 0.3 is 0 Å². The van der Waals surface area contributed by atoms with Gasteiger partial charge in [-0.3, -0.25) is 4.79 Å². The van der Waals surface area contributed by atoms with E-state index in [4.69, 9.17) is 4.74 Å². The summed E-state index contributed by atoms with van der Waals surface area (Å²) < 4.78 is 5.70. The molecule has 126 valence electrons. The van der Waals surface area contributed by atoms with Gasteiger partial charge in [-0.25, -0.2) is 0 Å². The van der Waals surface area contributed by atoms with Crippen molar-refractivity contribution in [3.63, 3.8) is 0 Å². The number of para-hydroxylation sites is 1. The summed E-state index contributed by atoms with van der Waals surface area (Å²) in [7, 11) is 4.11.